The number of nitrogens with zero attached hydrogens (tertiary/aromatic N) is 1. The van der Waals surface area contributed by atoms with Gasteiger partial charge in [-0.2, -0.15) is 0 Å². The van der Waals surface area contributed by atoms with Crippen LogP contribution in [0.25, 0.3) is 0 Å². The first kappa shape index (κ1) is 22.0. The summed E-state index contributed by atoms with van der Waals surface area (Å²) in [6, 6.07) is 5.67. The zero-order valence-electron chi connectivity index (χ0n) is 16.6. The number of amides is 1. The van der Waals surface area contributed by atoms with Gasteiger partial charge in [-0.05, 0) is 62.1 Å². The van der Waals surface area contributed by atoms with Gasteiger partial charge in [0.25, 0.3) is 0 Å². The zero-order valence-corrected chi connectivity index (χ0v) is 17.4. The molecule has 1 aromatic rings. The van der Waals surface area contributed by atoms with Crippen molar-refractivity contribution in [3.63, 3.8) is 0 Å². The molecule has 162 valence electrons. The van der Waals surface area contributed by atoms with Gasteiger partial charge in [-0.3, -0.25) is 0 Å². The van der Waals surface area contributed by atoms with Crippen LogP contribution < -0.4 is 4.72 Å². The van der Waals surface area contributed by atoms with Gasteiger partial charge >= 0.3 is 6.09 Å². The largest absolute Gasteiger partial charge is 0.465 e. The standard InChI is InChI=1S/C20H29FN2O5S/c1-29(26,27)22-18-6-3-11-23(20(24)25)19(18)13-28-17-9-7-14(8-10-17)15-4-2-5-16(21)12-15/h2,4-5,12,14,17-19,22H,3,6-11,13H2,1H3,(H,24,25)/t14-,17+,18?,19?. The smallest absolute Gasteiger partial charge is 0.407 e. The third-order valence-electron chi connectivity index (χ3n) is 5.89. The molecular weight excluding hydrogens is 399 g/mol. The second-order valence-electron chi connectivity index (χ2n) is 8.04. The van der Waals surface area contributed by atoms with Gasteiger partial charge in [0.05, 0.1) is 25.0 Å². The Morgan fingerprint density at radius 1 is 1.28 bits per heavy atom. The Bertz CT molecular complexity index is 811. The van der Waals surface area contributed by atoms with E-state index in [1.807, 2.05) is 6.07 Å². The molecule has 0 radical (unpaired) electrons. The molecule has 1 saturated carbocycles. The van der Waals surface area contributed by atoms with Crippen molar-refractivity contribution in [1.82, 2.24) is 9.62 Å². The van der Waals surface area contributed by atoms with Gasteiger partial charge in [-0.1, -0.05) is 12.1 Å². The highest BCUT2D eigenvalue weighted by Crippen LogP contribution is 2.34. The molecule has 1 aromatic carbocycles. The summed E-state index contributed by atoms with van der Waals surface area (Å²) in [4.78, 5) is 12.9. The molecule has 1 amide bonds. The van der Waals surface area contributed by atoms with E-state index in [1.165, 1.54) is 11.0 Å². The summed E-state index contributed by atoms with van der Waals surface area (Å²) in [6.07, 6.45) is 4.59. The predicted octanol–water partition coefficient (Wildman–Crippen LogP) is 2.93. The number of sulfonamides is 1. The highest BCUT2D eigenvalue weighted by Gasteiger charge is 2.37. The van der Waals surface area contributed by atoms with Crippen molar-refractivity contribution in [2.24, 2.45) is 0 Å². The van der Waals surface area contributed by atoms with Crippen molar-refractivity contribution >= 4 is 16.1 Å². The van der Waals surface area contributed by atoms with Gasteiger partial charge < -0.3 is 14.7 Å². The number of carbonyl (C=O) groups is 1. The van der Waals surface area contributed by atoms with Crippen LogP contribution in [0.2, 0.25) is 0 Å². The Morgan fingerprint density at radius 2 is 2.00 bits per heavy atom. The van der Waals surface area contributed by atoms with Crippen molar-refractivity contribution in [2.45, 2.75) is 62.6 Å². The van der Waals surface area contributed by atoms with Crippen molar-refractivity contribution in [1.29, 1.82) is 0 Å². The first-order chi connectivity index (χ1) is 13.7. The van der Waals surface area contributed by atoms with Crippen LogP contribution in [-0.2, 0) is 14.8 Å². The summed E-state index contributed by atoms with van der Waals surface area (Å²) in [5, 5.41) is 9.51. The van der Waals surface area contributed by atoms with E-state index in [-0.39, 0.29) is 18.5 Å². The van der Waals surface area contributed by atoms with Crippen LogP contribution in [0.5, 0.6) is 0 Å². The fourth-order valence-corrected chi connectivity index (χ4v) is 5.30. The first-order valence-corrected chi connectivity index (χ1v) is 12.0. The van der Waals surface area contributed by atoms with E-state index in [0.29, 0.717) is 25.3 Å². The minimum absolute atomic E-state index is 0.00346. The summed E-state index contributed by atoms with van der Waals surface area (Å²) >= 11 is 0. The number of nitrogens with one attached hydrogen (secondary N) is 1. The second-order valence-corrected chi connectivity index (χ2v) is 9.82. The number of piperidine rings is 1. The fraction of sp³-hybridized carbons (Fsp3) is 0.650. The average Bonchev–Trinajstić information content (AvgIpc) is 2.66. The maximum Gasteiger partial charge on any atom is 0.407 e. The Labute approximate surface area is 171 Å². The molecule has 1 aliphatic heterocycles. The highest BCUT2D eigenvalue weighted by atomic mass is 32.2. The third kappa shape index (κ3) is 6.13. The van der Waals surface area contributed by atoms with Gasteiger partial charge in [-0.15, -0.1) is 0 Å². The highest BCUT2D eigenvalue weighted by molar-refractivity contribution is 7.88. The number of ether oxygens (including phenoxy) is 1. The van der Waals surface area contributed by atoms with E-state index in [1.54, 1.807) is 12.1 Å². The van der Waals surface area contributed by atoms with Crippen molar-refractivity contribution in [3.05, 3.63) is 35.6 Å². The van der Waals surface area contributed by atoms with Crippen molar-refractivity contribution in [2.75, 3.05) is 19.4 Å². The molecule has 9 heteroatoms. The van der Waals surface area contributed by atoms with Crippen LogP contribution in [0.15, 0.2) is 24.3 Å². The Balaban J connectivity index is 1.57. The predicted molar refractivity (Wildman–Crippen MR) is 107 cm³/mol. The molecule has 7 nitrogen and oxygen atoms in total. The van der Waals surface area contributed by atoms with Gasteiger partial charge in [0, 0.05) is 12.6 Å². The maximum atomic E-state index is 13.5. The molecule has 2 unspecified atom stereocenters. The lowest BCUT2D eigenvalue weighted by Crippen LogP contribution is -2.58. The number of hydrogen-bond acceptors (Lipinski definition) is 4. The molecular formula is C20H29FN2O5S. The van der Waals surface area contributed by atoms with Crippen LogP contribution in [-0.4, -0.2) is 62.1 Å². The molecule has 2 N–H and O–H groups in total. The summed E-state index contributed by atoms with van der Waals surface area (Å²) < 4.78 is 45.4. The number of likely N-dealkylation sites (tertiary alicyclic amines) is 1. The summed E-state index contributed by atoms with van der Waals surface area (Å²) in [6.45, 7) is 0.534. The summed E-state index contributed by atoms with van der Waals surface area (Å²) in [5.41, 5.74) is 1.00. The lowest BCUT2D eigenvalue weighted by atomic mass is 9.82. The number of carboxylic acid groups (broad SMARTS) is 1. The van der Waals surface area contributed by atoms with Crippen LogP contribution >= 0.6 is 0 Å². The topological polar surface area (TPSA) is 95.9 Å². The molecule has 0 bridgehead atoms. The average molecular weight is 429 g/mol. The van der Waals surface area contributed by atoms with Crippen LogP contribution in [0.4, 0.5) is 9.18 Å². The van der Waals surface area contributed by atoms with E-state index < -0.39 is 28.2 Å². The fourth-order valence-electron chi connectivity index (χ4n) is 4.47. The Morgan fingerprint density at radius 3 is 2.62 bits per heavy atom. The van der Waals surface area contributed by atoms with E-state index >= 15 is 0 Å². The second kappa shape index (κ2) is 9.40. The number of halogens is 1. The van der Waals surface area contributed by atoms with E-state index in [0.717, 1.165) is 37.5 Å². The van der Waals surface area contributed by atoms with Gasteiger partial charge in [-0.25, -0.2) is 22.3 Å². The summed E-state index contributed by atoms with van der Waals surface area (Å²) in [7, 11) is -3.45. The summed E-state index contributed by atoms with van der Waals surface area (Å²) in [5.74, 6) is 0.0757. The molecule has 1 aliphatic carbocycles. The van der Waals surface area contributed by atoms with E-state index in [2.05, 4.69) is 4.72 Å². The molecule has 2 atom stereocenters. The zero-order chi connectivity index (χ0) is 21.0. The Kier molecular flexibility index (Phi) is 7.13. The molecule has 29 heavy (non-hydrogen) atoms. The molecule has 1 heterocycles. The molecule has 0 spiro atoms. The minimum atomic E-state index is -3.45. The van der Waals surface area contributed by atoms with Gasteiger partial charge in [0.2, 0.25) is 10.0 Å². The number of benzene rings is 1. The molecule has 3 rings (SSSR count). The van der Waals surface area contributed by atoms with Gasteiger partial charge in [0.1, 0.15) is 5.82 Å². The monoisotopic (exact) mass is 428 g/mol. The van der Waals surface area contributed by atoms with Crippen LogP contribution in [0.1, 0.15) is 50.0 Å². The molecule has 1 saturated heterocycles. The minimum Gasteiger partial charge on any atom is -0.465 e. The lowest BCUT2D eigenvalue weighted by Gasteiger charge is -2.40. The van der Waals surface area contributed by atoms with Crippen LogP contribution in [0.3, 0.4) is 0 Å². The third-order valence-corrected chi connectivity index (χ3v) is 6.62. The SMILES string of the molecule is CS(=O)(=O)NC1CCCN(C(=O)O)C1CO[C@H]1CC[C@@H](c2cccc(F)c2)CC1. The quantitative estimate of drug-likeness (QED) is 0.726. The van der Waals surface area contributed by atoms with Crippen molar-refractivity contribution < 1.29 is 27.4 Å². The van der Waals surface area contributed by atoms with Gasteiger partial charge in [0.15, 0.2) is 0 Å². The molecule has 2 aliphatic rings. The number of hydrogen-bond donors (Lipinski definition) is 2. The lowest BCUT2D eigenvalue weighted by molar-refractivity contribution is -0.0226. The van der Waals surface area contributed by atoms with E-state index in [4.69, 9.17) is 4.74 Å². The maximum absolute atomic E-state index is 13.5. The number of rotatable bonds is 6. The first-order valence-electron chi connectivity index (χ1n) is 10.1. The Hall–Kier alpha value is -1.71. The molecule has 2 fully saturated rings. The van der Waals surface area contributed by atoms with E-state index in [9.17, 15) is 22.7 Å². The molecule has 0 aromatic heterocycles. The normalized spacial score (nSPS) is 28.3. The van der Waals surface area contributed by atoms with Crippen LogP contribution in [0, 0.1) is 5.82 Å². The van der Waals surface area contributed by atoms with Crippen molar-refractivity contribution in [3.8, 4) is 0 Å².